The summed E-state index contributed by atoms with van der Waals surface area (Å²) in [6.45, 7) is 7.56. The first kappa shape index (κ1) is 30.3. The average Bonchev–Trinajstić information content (AvgIpc) is 3.85. The minimum Gasteiger partial charge on any atom is -0.494 e. The highest BCUT2D eigenvalue weighted by Gasteiger charge is 2.42. The zero-order chi connectivity index (χ0) is 31.8. The van der Waals surface area contributed by atoms with Crippen molar-refractivity contribution < 1.29 is 27.9 Å². The van der Waals surface area contributed by atoms with Gasteiger partial charge in [0, 0.05) is 50.3 Å². The Morgan fingerprint density at radius 1 is 1.07 bits per heavy atom. The molecule has 46 heavy (non-hydrogen) atoms. The molecule has 4 fully saturated rings. The second kappa shape index (κ2) is 12.8. The van der Waals surface area contributed by atoms with E-state index in [1.54, 1.807) is 24.3 Å². The van der Waals surface area contributed by atoms with Crippen LogP contribution in [-0.2, 0) is 14.4 Å². The Morgan fingerprint density at radius 2 is 1.91 bits per heavy atom. The number of nitrogens with one attached hydrogen (secondary N) is 2. The van der Waals surface area contributed by atoms with Crippen molar-refractivity contribution in [1.29, 1.82) is 0 Å². The van der Waals surface area contributed by atoms with Crippen LogP contribution in [0.25, 0.3) is 0 Å². The Balaban J connectivity index is 1.12. The normalized spacial score (nSPS) is 23.2. The van der Waals surface area contributed by atoms with Crippen LogP contribution in [0.4, 0.5) is 37.5 Å². The van der Waals surface area contributed by atoms with Gasteiger partial charge >= 0.3 is 0 Å². The number of fused-ring (bicyclic) bond motifs is 2. The van der Waals surface area contributed by atoms with Crippen molar-refractivity contribution in [2.75, 3.05) is 60.6 Å². The molecule has 3 atom stereocenters. The molecule has 2 bridgehead atoms. The van der Waals surface area contributed by atoms with Crippen molar-refractivity contribution in [1.82, 2.24) is 14.9 Å². The summed E-state index contributed by atoms with van der Waals surface area (Å²) < 4.78 is 39.2. The first-order valence-corrected chi connectivity index (χ1v) is 15.6. The van der Waals surface area contributed by atoms with E-state index in [2.05, 4.69) is 37.0 Å². The highest BCUT2D eigenvalue weighted by atomic mass is 19.2. The number of amides is 1. The zero-order valence-corrected chi connectivity index (χ0v) is 25.6. The predicted octanol–water partition coefficient (Wildman–Crippen LogP) is 4.96. The van der Waals surface area contributed by atoms with Crippen LogP contribution in [-0.4, -0.2) is 78.9 Å². The number of hydrogen-bond donors (Lipinski definition) is 2. The highest BCUT2D eigenvalue weighted by molar-refractivity contribution is 6.02. The number of aromatic nitrogens is 2. The molecule has 4 aliphatic rings. The molecule has 11 nitrogen and oxygen atoms in total. The Bertz CT molecular complexity index is 1620. The number of likely N-dealkylation sites (tertiary alicyclic amines) is 1. The molecule has 242 valence electrons. The Kier molecular flexibility index (Phi) is 8.45. The lowest BCUT2D eigenvalue weighted by atomic mass is 10.0. The number of morpholine rings is 1. The fourth-order valence-electron chi connectivity index (χ4n) is 7.09. The number of piperidine rings is 1. The van der Waals surface area contributed by atoms with Crippen LogP contribution >= 0.6 is 0 Å². The van der Waals surface area contributed by atoms with Crippen LogP contribution in [0.1, 0.15) is 37.3 Å². The van der Waals surface area contributed by atoms with Crippen LogP contribution in [0.3, 0.4) is 0 Å². The molecule has 0 unspecified atom stereocenters. The van der Waals surface area contributed by atoms with Gasteiger partial charge in [-0.3, -0.25) is 14.5 Å². The van der Waals surface area contributed by atoms with Gasteiger partial charge in [0.05, 0.1) is 49.5 Å². The summed E-state index contributed by atoms with van der Waals surface area (Å²) in [5.74, 6) is -0.677. The molecule has 13 heteroatoms. The average molecular weight is 634 g/mol. The molecule has 7 rings (SSSR count). The monoisotopic (exact) mass is 633 g/mol. The molecule has 1 amide bonds. The molecule has 1 aromatic heterocycles. The van der Waals surface area contributed by atoms with Crippen LogP contribution in [0.5, 0.6) is 5.75 Å². The van der Waals surface area contributed by atoms with E-state index in [0.29, 0.717) is 65.5 Å². The van der Waals surface area contributed by atoms with E-state index in [-0.39, 0.29) is 11.9 Å². The number of hydrogen-bond acceptors (Lipinski definition) is 10. The van der Waals surface area contributed by atoms with Crippen molar-refractivity contribution in [2.24, 2.45) is 0 Å². The van der Waals surface area contributed by atoms with Gasteiger partial charge in [-0.25, -0.2) is 23.8 Å². The molecule has 4 aliphatic heterocycles. The van der Waals surface area contributed by atoms with Gasteiger partial charge in [-0.2, -0.15) is 0 Å². The third-order valence-corrected chi connectivity index (χ3v) is 9.35. The Labute approximate surface area is 266 Å². The highest BCUT2D eigenvalue weighted by Crippen LogP contribution is 2.41. The van der Waals surface area contributed by atoms with Gasteiger partial charge in [0.2, 0.25) is 5.91 Å². The van der Waals surface area contributed by atoms with Crippen molar-refractivity contribution in [3.63, 3.8) is 0 Å². The standard InChI is InChI=1S/C33H37F2N7O4/c1-3-33(43)39-26-14-27(30(44-2)15-29(26)40-9-6-21(7-10-40)41-17-23-13-22(41)18-45-23)38-31-16-32(37-19-36-31)42-28(8-11-46-42)20-4-5-24(34)25(35)12-20/h3-5,12,14-16,19,21-23,28H,1,6-11,13,17-18H2,2H3,(H,39,43)(H,36,37,38)/t22-,23-,28-/m1/s1. The molecule has 0 radical (unpaired) electrons. The van der Waals surface area contributed by atoms with Crippen LogP contribution < -0.4 is 25.3 Å². The smallest absolute Gasteiger partial charge is 0.247 e. The fourth-order valence-corrected chi connectivity index (χ4v) is 7.09. The van der Waals surface area contributed by atoms with Crippen LogP contribution in [0.15, 0.2) is 55.4 Å². The maximum atomic E-state index is 14.0. The summed E-state index contributed by atoms with van der Waals surface area (Å²) >= 11 is 0. The number of anilines is 5. The number of ether oxygens (including phenoxy) is 2. The van der Waals surface area contributed by atoms with E-state index in [1.807, 2.05) is 12.1 Å². The molecule has 3 aromatic rings. The summed E-state index contributed by atoms with van der Waals surface area (Å²) in [7, 11) is 1.60. The first-order valence-electron chi connectivity index (χ1n) is 15.6. The summed E-state index contributed by atoms with van der Waals surface area (Å²) in [6, 6.07) is 10.0. The third kappa shape index (κ3) is 5.97. The van der Waals surface area contributed by atoms with E-state index < -0.39 is 11.6 Å². The van der Waals surface area contributed by atoms with Gasteiger partial charge in [0.25, 0.3) is 0 Å². The number of benzene rings is 2. The van der Waals surface area contributed by atoms with E-state index in [9.17, 15) is 13.6 Å². The van der Waals surface area contributed by atoms with Crippen molar-refractivity contribution in [3.05, 3.63) is 72.6 Å². The van der Waals surface area contributed by atoms with E-state index in [1.165, 1.54) is 18.5 Å². The summed E-state index contributed by atoms with van der Waals surface area (Å²) in [5.41, 5.74) is 2.65. The maximum Gasteiger partial charge on any atom is 0.247 e. The number of rotatable bonds is 9. The zero-order valence-electron chi connectivity index (χ0n) is 25.6. The number of nitrogens with zero attached hydrogens (tertiary/aromatic N) is 5. The topological polar surface area (TPSA) is 104 Å². The second-order valence-corrected chi connectivity index (χ2v) is 12.0. The Morgan fingerprint density at radius 3 is 2.63 bits per heavy atom. The van der Waals surface area contributed by atoms with E-state index in [0.717, 1.165) is 57.3 Å². The molecular formula is C33H37F2N7O4. The largest absolute Gasteiger partial charge is 0.494 e. The van der Waals surface area contributed by atoms with E-state index in [4.69, 9.17) is 14.3 Å². The molecule has 4 saturated heterocycles. The lowest BCUT2D eigenvalue weighted by molar-refractivity contribution is -0.111. The minimum atomic E-state index is -0.915. The number of carbonyl (C=O) groups excluding carboxylic acids is 1. The quantitative estimate of drug-likeness (QED) is 0.315. The summed E-state index contributed by atoms with van der Waals surface area (Å²) in [6.07, 6.45) is 6.77. The van der Waals surface area contributed by atoms with E-state index >= 15 is 0 Å². The van der Waals surface area contributed by atoms with Gasteiger partial charge in [-0.1, -0.05) is 12.6 Å². The number of hydroxylamine groups is 1. The Hall–Kier alpha value is -4.33. The van der Waals surface area contributed by atoms with Gasteiger partial charge in [0.15, 0.2) is 17.5 Å². The van der Waals surface area contributed by atoms with Crippen molar-refractivity contribution >= 4 is 34.6 Å². The van der Waals surface area contributed by atoms with Gasteiger partial charge in [0.1, 0.15) is 17.9 Å². The molecular weight excluding hydrogens is 596 g/mol. The number of halogens is 2. The molecule has 0 spiro atoms. The maximum absolute atomic E-state index is 14.0. The lowest BCUT2D eigenvalue weighted by Gasteiger charge is -2.41. The third-order valence-electron chi connectivity index (χ3n) is 9.35. The predicted molar refractivity (Wildman–Crippen MR) is 169 cm³/mol. The SMILES string of the molecule is C=CC(=O)Nc1cc(Nc2cc(N3OCC[C@@H]3c3ccc(F)c(F)c3)ncn2)c(OC)cc1N1CCC(N2C[C@H]3C[C@@H]2CO3)CC1. The van der Waals surface area contributed by atoms with Gasteiger partial charge < -0.3 is 25.0 Å². The van der Waals surface area contributed by atoms with Crippen molar-refractivity contribution in [2.45, 2.75) is 49.9 Å². The molecule has 5 heterocycles. The lowest BCUT2D eigenvalue weighted by Crippen LogP contribution is -2.49. The summed E-state index contributed by atoms with van der Waals surface area (Å²) in [5, 5.41) is 7.85. The number of methoxy groups -OCH3 is 1. The molecule has 0 aliphatic carbocycles. The van der Waals surface area contributed by atoms with Gasteiger partial charge in [-0.05, 0) is 49.1 Å². The van der Waals surface area contributed by atoms with Crippen LogP contribution in [0, 0.1) is 11.6 Å². The molecule has 2 aromatic carbocycles. The first-order chi connectivity index (χ1) is 22.4. The summed E-state index contributed by atoms with van der Waals surface area (Å²) in [4.78, 5) is 32.0. The minimum absolute atomic E-state index is 0.320. The molecule has 0 saturated carbocycles. The molecule has 2 N–H and O–H groups in total. The van der Waals surface area contributed by atoms with Crippen molar-refractivity contribution in [3.8, 4) is 5.75 Å². The van der Waals surface area contributed by atoms with Crippen LogP contribution in [0.2, 0.25) is 0 Å². The van der Waals surface area contributed by atoms with Gasteiger partial charge in [-0.15, -0.1) is 0 Å². The fraction of sp³-hybridized carbons (Fsp3) is 0.424. The number of carbonyl (C=O) groups is 1. The second-order valence-electron chi connectivity index (χ2n) is 12.0.